The number of primary amides is 1. The number of benzene rings is 1. The summed E-state index contributed by atoms with van der Waals surface area (Å²) >= 11 is 0. The van der Waals surface area contributed by atoms with E-state index in [0.717, 1.165) is 5.56 Å². The first-order valence-electron chi connectivity index (χ1n) is 5.02. The molecule has 0 spiro atoms. The molecular weight excluding hydrogens is 242 g/mol. The van der Waals surface area contributed by atoms with E-state index >= 15 is 0 Å². The minimum absolute atomic E-state index is 0.0116. The maximum absolute atomic E-state index is 10.8. The normalized spacial score (nSPS) is 10.4. The van der Waals surface area contributed by atoms with Crippen molar-refractivity contribution >= 4 is 16.0 Å². The zero-order valence-corrected chi connectivity index (χ0v) is 10.9. The van der Waals surface area contributed by atoms with E-state index in [1.165, 1.54) is 6.07 Å². The maximum Gasteiger partial charge on any atom is 0.294 e. The highest BCUT2D eigenvalue weighted by Gasteiger charge is 2.12. The summed E-state index contributed by atoms with van der Waals surface area (Å²) < 4.78 is 30.3. The molecule has 0 aliphatic carbocycles. The van der Waals surface area contributed by atoms with E-state index in [0.29, 0.717) is 12.0 Å². The number of carbonyl (C=O) groups excluding carboxylic acids is 1. The van der Waals surface area contributed by atoms with E-state index in [-0.39, 0.29) is 10.8 Å². The number of nitrogens with two attached hydrogens (primary N) is 1. The first kappa shape index (κ1) is 15.6. The van der Waals surface area contributed by atoms with Gasteiger partial charge in [0.25, 0.3) is 10.1 Å². The lowest BCUT2D eigenvalue weighted by Gasteiger charge is -2.03. The zero-order valence-electron chi connectivity index (χ0n) is 10.1. The van der Waals surface area contributed by atoms with Gasteiger partial charge < -0.3 is 5.73 Å². The number of amides is 1. The van der Waals surface area contributed by atoms with Crippen LogP contribution in [-0.2, 0) is 14.9 Å². The van der Waals surface area contributed by atoms with Crippen LogP contribution in [0.1, 0.15) is 24.5 Å². The van der Waals surface area contributed by atoms with Gasteiger partial charge in [-0.1, -0.05) is 19.1 Å². The summed E-state index contributed by atoms with van der Waals surface area (Å²) in [7, 11) is -4.06. The van der Waals surface area contributed by atoms with Crippen LogP contribution in [0.15, 0.2) is 23.1 Å². The molecule has 0 saturated carbocycles. The van der Waals surface area contributed by atoms with Crippen LogP contribution in [0.4, 0.5) is 0 Å². The Morgan fingerprint density at radius 2 is 1.82 bits per heavy atom. The third kappa shape index (κ3) is 5.46. The molecule has 5 nitrogen and oxygen atoms in total. The van der Waals surface area contributed by atoms with Crippen LogP contribution in [0.5, 0.6) is 0 Å². The molecule has 0 bridgehead atoms. The van der Waals surface area contributed by atoms with Gasteiger partial charge in [-0.25, -0.2) is 0 Å². The first-order valence-corrected chi connectivity index (χ1v) is 6.46. The second-order valence-electron chi connectivity index (χ2n) is 3.49. The lowest BCUT2D eigenvalue weighted by molar-refractivity contribution is -0.117. The van der Waals surface area contributed by atoms with E-state index in [2.05, 4.69) is 5.73 Å². The Morgan fingerprint density at radius 3 is 2.12 bits per heavy atom. The van der Waals surface area contributed by atoms with Crippen molar-refractivity contribution in [3.63, 3.8) is 0 Å². The highest BCUT2D eigenvalue weighted by molar-refractivity contribution is 7.85. The predicted octanol–water partition coefficient (Wildman–Crippen LogP) is 1.43. The molecule has 3 N–H and O–H groups in total. The minimum atomic E-state index is -4.06. The molecule has 0 saturated heterocycles. The molecule has 17 heavy (non-hydrogen) atoms. The molecule has 1 amide bonds. The van der Waals surface area contributed by atoms with Gasteiger partial charge in [-0.05, 0) is 31.0 Å². The van der Waals surface area contributed by atoms with E-state index in [1.54, 1.807) is 32.9 Å². The fraction of sp³-hybridized carbons (Fsp3) is 0.364. The van der Waals surface area contributed by atoms with Crippen LogP contribution in [0, 0.1) is 13.8 Å². The van der Waals surface area contributed by atoms with E-state index in [4.69, 9.17) is 4.55 Å². The van der Waals surface area contributed by atoms with Crippen LogP contribution in [0.25, 0.3) is 0 Å². The smallest absolute Gasteiger partial charge is 0.294 e. The summed E-state index contributed by atoms with van der Waals surface area (Å²) in [5, 5.41) is 0. The number of rotatable bonds is 2. The monoisotopic (exact) mass is 259 g/mol. The molecule has 0 fully saturated rings. The molecule has 0 aliphatic heterocycles. The summed E-state index contributed by atoms with van der Waals surface area (Å²) in [5.74, 6) is -0.245. The van der Waals surface area contributed by atoms with Gasteiger partial charge in [0.05, 0.1) is 4.90 Å². The highest BCUT2D eigenvalue weighted by atomic mass is 32.2. The average molecular weight is 259 g/mol. The maximum atomic E-state index is 10.8. The molecule has 6 heteroatoms. The van der Waals surface area contributed by atoms with Gasteiger partial charge in [0.15, 0.2) is 0 Å². The Kier molecular flexibility index (Phi) is 5.84. The van der Waals surface area contributed by atoms with Crippen LogP contribution < -0.4 is 5.73 Å². The first-order chi connectivity index (χ1) is 7.70. The molecule has 96 valence electrons. The summed E-state index contributed by atoms with van der Waals surface area (Å²) in [5.41, 5.74) is 6.10. The van der Waals surface area contributed by atoms with Crippen molar-refractivity contribution in [1.82, 2.24) is 0 Å². The van der Waals surface area contributed by atoms with Crippen LogP contribution in [0.2, 0.25) is 0 Å². The van der Waals surface area contributed by atoms with Crippen LogP contribution in [0.3, 0.4) is 0 Å². The topological polar surface area (TPSA) is 97.5 Å². The summed E-state index contributed by atoms with van der Waals surface area (Å²) in [6, 6.07) is 4.78. The molecule has 0 heterocycles. The molecule has 1 aromatic rings. The van der Waals surface area contributed by atoms with Crippen molar-refractivity contribution in [3.05, 3.63) is 29.3 Å². The van der Waals surface area contributed by atoms with Gasteiger partial charge in [-0.2, -0.15) is 8.42 Å². The lowest BCUT2D eigenvalue weighted by Crippen LogP contribution is -2.06. The quantitative estimate of drug-likeness (QED) is 0.785. The number of hydrogen-bond donors (Lipinski definition) is 2. The second kappa shape index (κ2) is 6.36. The van der Waals surface area contributed by atoms with Crippen molar-refractivity contribution in [2.75, 3.05) is 0 Å². The Balaban J connectivity index is 0.000000437. The largest absolute Gasteiger partial charge is 0.370 e. The second-order valence-corrected chi connectivity index (χ2v) is 4.88. The van der Waals surface area contributed by atoms with E-state index in [1.807, 2.05) is 0 Å². The SMILES string of the molecule is CCC(N)=O.Cc1cccc(S(=O)(=O)O)c1C. The summed E-state index contributed by atoms with van der Waals surface area (Å²) in [4.78, 5) is 9.58. The molecule has 1 rings (SSSR count). The van der Waals surface area contributed by atoms with Crippen molar-refractivity contribution in [1.29, 1.82) is 0 Å². The van der Waals surface area contributed by atoms with Crippen LogP contribution in [-0.4, -0.2) is 18.9 Å². The minimum Gasteiger partial charge on any atom is -0.370 e. The standard InChI is InChI=1S/C8H10O3S.C3H7NO/c1-6-4-3-5-8(7(6)2)12(9,10)11;1-2-3(4)5/h3-5H,1-2H3,(H,9,10,11);2H2,1H3,(H2,4,5). The molecule has 0 aromatic heterocycles. The number of aryl methyl sites for hydroxylation is 1. The molecule has 0 aliphatic rings. The van der Waals surface area contributed by atoms with E-state index < -0.39 is 10.1 Å². The van der Waals surface area contributed by atoms with Crippen molar-refractivity contribution in [3.8, 4) is 0 Å². The molecule has 1 aromatic carbocycles. The molecule has 0 unspecified atom stereocenters. The Morgan fingerprint density at radius 1 is 1.35 bits per heavy atom. The number of hydrogen-bond acceptors (Lipinski definition) is 3. The van der Waals surface area contributed by atoms with Crippen molar-refractivity contribution < 1.29 is 17.8 Å². The molecule has 0 radical (unpaired) electrons. The Bertz CT molecular complexity index is 494. The summed E-state index contributed by atoms with van der Waals surface area (Å²) in [6.45, 7) is 5.19. The fourth-order valence-corrected chi connectivity index (χ4v) is 1.80. The summed E-state index contributed by atoms with van der Waals surface area (Å²) in [6.07, 6.45) is 0.444. The Hall–Kier alpha value is -1.40. The van der Waals surface area contributed by atoms with Crippen molar-refractivity contribution in [2.45, 2.75) is 32.1 Å². The van der Waals surface area contributed by atoms with Gasteiger partial charge in [0.2, 0.25) is 5.91 Å². The van der Waals surface area contributed by atoms with Gasteiger partial charge in [-0.3, -0.25) is 9.35 Å². The molecular formula is C11H17NO4S. The highest BCUT2D eigenvalue weighted by Crippen LogP contribution is 2.17. The van der Waals surface area contributed by atoms with Crippen molar-refractivity contribution in [2.24, 2.45) is 5.73 Å². The Labute approximate surface area is 101 Å². The lowest BCUT2D eigenvalue weighted by atomic mass is 10.1. The number of carbonyl (C=O) groups is 1. The zero-order chi connectivity index (χ0) is 13.6. The van der Waals surface area contributed by atoms with Crippen LogP contribution >= 0.6 is 0 Å². The predicted molar refractivity (Wildman–Crippen MR) is 65.2 cm³/mol. The van der Waals surface area contributed by atoms with Gasteiger partial charge in [0, 0.05) is 6.42 Å². The third-order valence-corrected chi connectivity index (χ3v) is 3.18. The van der Waals surface area contributed by atoms with Gasteiger partial charge >= 0.3 is 0 Å². The average Bonchev–Trinajstić information content (AvgIpc) is 2.21. The fourth-order valence-electron chi connectivity index (χ4n) is 1.00. The van der Waals surface area contributed by atoms with Gasteiger partial charge in [-0.15, -0.1) is 0 Å². The van der Waals surface area contributed by atoms with Gasteiger partial charge in [0.1, 0.15) is 0 Å². The third-order valence-electron chi connectivity index (χ3n) is 2.18. The molecule has 0 atom stereocenters. The van der Waals surface area contributed by atoms with E-state index in [9.17, 15) is 13.2 Å².